The zero-order chi connectivity index (χ0) is 24.8. The molecular formula is C29H43O2Ti. The van der Waals surface area contributed by atoms with Gasteiger partial charge in [0, 0.05) is 0 Å². The molecule has 0 N–H and O–H groups in total. The van der Waals surface area contributed by atoms with E-state index in [1.165, 1.54) is 15.0 Å². The average molecular weight is 472 g/mol. The molecule has 32 heavy (non-hydrogen) atoms. The zero-order valence-electron chi connectivity index (χ0n) is 21.9. The molecule has 1 aliphatic rings. The van der Waals surface area contributed by atoms with E-state index in [4.69, 9.17) is 9.47 Å². The standard InChI is InChI=1S/C17H24O2.C9H13.C3H6.Ti/c1-6-15(18-5)12-14(17(2,3)4)13-19-16-10-8-7-9-11-16;1-9(2,3)8-6-4-5-7-8;1-3-2;/h6-12H,13H2,1-5H3;6-7H,4H2,1-3H3;1-2H3;/q;-1;;+1. The molecule has 1 aliphatic carbocycles. The summed E-state index contributed by atoms with van der Waals surface area (Å²) in [7, 11) is 1.68. The van der Waals surface area contributed by atoms with Crippen molar-refractivity contribution < 1.29 is 29.4 Å². The van der Waals surface area contributed by atoms with Crippen LogP contribution >= 0.6 is 0 Å². The molecule has 0 aliphatic heterocycles. The summed E-state index contributed by atoms with van der Waals surface area (Å²) in [6.07, 6.45) is 12.5. The van der Waals surface area contributed by atoms with Crippen LogP contribution in [0, 0.1) is 16.9 Å². The summed E-state index contributed by atoms with van der Waals surface area (Å²) in [6, 6.07) is 9.86. The maximum absolute atomic E-state index is 5.83. The van der Waals surface area contributed by atoms with Gasteiger partial charge in [0.15, 0.2) is 0 Å². The monoisotopic (exact) mass is 471 g/mol. The number of benzene rings is 1. The maximum atomic E-state index is 5.83. The van der Waals surface area contributed by atoms with Gasteiger partial charge in [-0.05, 0) is 42.2 Å². The van der Waals surface area contributed by atoms with Crippen molar-refractivity contribution in [3.8, 4) is 5.75 Å². The molecule has 0 unspecified atom stereocenters. The molecule has 0 aromatic heterocycles. The third-order valence-corrected chi connectivity index (χ3v) is 4.50. The Morgan fingerprint density at radius 2 is 1.62 bits per heavy atom. The molecule has 2 nitrogen and oxygen atoms in total. The van der Waals surface area contributed by atoms with Gasteiger partial charge in [-0.15, -0.1) is 6.42 Å². The fraction of sp³-hybridized carbons (Fsp3) is 0.483. The quantitative estimate of drug-likeness (QED) is 0.187. The van der Waals surface area contributed by atoms with Crippen LogP contribution in [-0.4, -0.2) is 17.5 Å². The first kappa shape index (κ1) is 30.4. The van der Waals surface area contributed by atoms with E-state index in [1.54, 1.807) is 7.11 Å². The Bertz CT molecular complexity index is 794. The molecule has 2 rings (SSSR count). The van der Waals surface area contributed by atoms with Crippen molar-refractivity contribution in [2.45, 2.75) is 68.7 Å². The van der Waals surface area contributed by atoms with Crippen molar-refractivity contribution in [1.29, 1.82) is 0 Å². The average Bonchev–Trinajstić information content (AvgIpc) is 3.23. The van der Waals surface area contributed by atoms with Crippen molar-refractivity contribution in [3.63, 3.8) is 0 Å². The molecule has 0 spiro atoms. The van der Waals surface area contributed by atoms with Crippen LogP contribution in [0.2, 0.25) is 0 Å². The molecule has 0 fully saturated rings. The summed E-state index contributed by atoms with van der Waals surface area (Å²) in [5, 5.41) is 0. The van der Waals surface area contributed by atoms with E-state index in [0.717, 1.165) is 17.9 Å². The summed E-state index contributed by atoms with van der Waals surface area (Å²) in [5.41, 5.74) is 2.99. The van der Waals surface area contributed by atoms with Crippen molar-refractivity contribution >= 4 is 3.81 Å². The fourth-order valence-corrected chi connectivity index (χ4v) is 2.50. The minimum absolute atomic E-state index is 0.0432. The number of methoxy groups -OCH3 is 1. The van der Waals surface area contributed by atoms with Gasteiger partial charge < -0.3 is 9.47 Å². The number of hydrogen-bond donors (Lipinski definition) is 0. The summed E-state index contributed by atoms with van der Waals surface area (Å²) in [6.45, 7) is 19.9. The molecule has 0 radical (unpaired) electrons. The van der Waals surface area contributed by atoms with Crippen molar-refractivity contribution in [1.82, 2.24) is 0 Å². The Morgan fingerprint density at radius 3 is 1.97 bits per heavy atom. The SMILES string of the molecule is CC(C)(C)C1=CC[C-]=C1.CC=C(C=C(COc1ccccc1)C(C)(C)C)OC.C[C](C)=[Ti+]. The van der Waals surface area contributed by atoms with Crippen LogP contribution in [0.5, 0.6) is 5.75 Å². The van der Waals surface area contributed by atoms with E-state index in [0.29, 0.717) is 12.0 Å². The second-order valence-electron chi connectivity index (χ2n) is 9.88. The first-order valence-corrected chi connectivity index (χ1v) is 12.0. The van der Waals surface area contributed by atoms with Gasteiger partial charge in [0.1, 0.15) is 18.1 Å². The van der Waals surface area contributed by atoms with Crippen LogP contribution in [0.1, 0.15) is 68.7 Å². The van der Waals surface area contributed by atoms with Gasteiger partial charge in [0.25, 0.3) is 0 Å². The Balaban J connectivity index is 0.000000608. The van der Waals surface area contributed by atoms with E-state index in [-0.39, 0.29) is 5.41 Å². The van der Waals surface area contributed by atoms with Crippen molar-refractivity contribution in [2.24, 2.45) is 10.8 Å². The molecule has 175 valence electrons. The summed E-state index contributed by atoms with van der Waals surface area (Å²) >= 11 is 2.08. The van der Waals surface area contributed by atoms with Gasteiger partial charge in [-0.1, -0.05) is 65.2 Å². The van der Waals surface area contributed by atoms with Gasteiger partial charge >= 0.3 is 37.6 Å². The molecule has 0 amide bonds. The van der Waals surface area contributed by atoms with Crippen molar-refractivity contribution in [3.05, 3.63) is 77.6 Å². The molecule has 0 atom stereocenters. The van der Waals surface area contributed by atoms with Crippen LogP contribution < -0.4 is 4.74 Å². The van der Waals surface area contributed by atoms with E-state index in [2.05, 4.69) is 99.7 Å². The Morgan fingerprint density at radius 1 is 1.06 bits per heavy atom. The Labute approximate surface area is 209 Å². The summed E-state index contributed by atoms with van der Waals surface area (Å²) in [5.74, 6) is 1.75. The molecule has 0 saturated heterocycles. The summed E-state index contributed by atoms with van der Waals surface area (Å²) < 4.78 is 12.6. The Hall–Kier alpha value is -1.64. The molecule has 1 aromatic carbocycles. The van der Waals surface area contributed by atoms with Crippen LogP contribution in [0.25, 0.3) is 0 Å². The van der Waals surface area contributed by atoms with Crippen LogP contribution in [-0.2, 0) is 24.7 Å². The molecule has 3 heteroatoms. The third-order valence-electron chi connectivity index (χ3n) is 4.50. The van der Waals surface area contributed by atoms with Gasteiger partial charge in [0.2, 0.25) is 0 Å². The molecule has 0 bridgehead atoms. The number of rotatable bonds is 5. The number of para-hydroxylation sites is 1. The fourth-order valence-electron chi connectivity index (χ4n) is 2.50. The first-order valence-electron chi connectivity index (χ1n) is 11.2. The predicted octanol–water partition coefficient (Wildman–Crippen LogP) is 8.06. The van der Waals surface area contributed by atoms with Gasteiger partial charge in [-0.2, -0.15) is 11.6 Å². The topological polar surface area (TPSA) is 18.5 Å². The molecular weight excluding hydrogens is 428 g/mol. The van der Waals surface area contributed by atoms with E-state index in [1.807, 2.05) is 43.3 Å². The normalized spacial score (nSPS) is 13.9. The van der Waals surface area contributed by atoms with Crippen LogP contribution in [0.3, 0.4) is 0 Å². The van der Waals surface area contributed by atoms with Crippen LogP contribution in [0.15, 0.2) is 71.5 Å². The van der Waals surface area contributed by atoms with Crippen LogP contribution in [0.4, 0.5) is 0 Å². The van der Waals surface area contributed by atoms with Crippen molar-refractivity contribution in [2.75, 3.05) is 13.7 Å². The predicted molar refractivity (Wildman–Crippen MR) is 137 cm³/mol. The molecule has 0 saturated carbocycles. The molecule has 0 heterocycles. The van der Waals surface area contributed by atoms with Gasteiger partial charge in [0.05, 0.1) is 7.11 Å². The Kier molecular flexibility index (Phi) is 14.5. The van der Waals surface area contributed by atoms with Gasteiger partial charge in [-0.25, -0.2) is 6.08 Å². The second kappa shape index (κ2) is 15.2. The second-order valence-corrected chi connectivity index (χ2v) is 11.4. The number of hydrogen-bond acceptors (Lipinski definition) is 2. The van der Waals surface area contributed by atoms with Gasteiger partial charge in [-0.3, -0.25) is 6.08 Å². The minimum atomic E-state index is 0.0432. The third kappa shape index (κ3) is 14.4. The van der Waals surface area contributed by atoms with E-state index < -0.39 is 0 Å². The van der Waals surface area contributed by atoms with E-state index >= 15 is 0 Å². The first-order chi connectivity index (χ1) is 14.8. The molecule has 1 aromatic rings. The van der Waals surface area contributed by atoms with E-state index in [9.17, 15) is 0 Å². The number of allylic oxidation sites excluding steroid dienone is 6. The summed E-state index contributed by atoms with van der Waals surface area (Å²) in [4.78, 5) is 0. The zero-order valence-corrected chi connectivity index (χ0v) is 23.5. The number of ether oxygens (including phenoxy) is 2.